The summed E-state index contributed by atoms with van der Waals surface area (Å²) in [6.45, 7) is 8.84. The van der Waals surface area contributed by atoms with Crippen molar-refractivity contribution in [2.45, 2.75) is 78.2 Å². The summed E-state index contributed by atoms with van der Waals surface area (Å²) in [5.74, 6) is 0.424. The second-order valence-corrected chi connectivity index (χ2v) is 7.83. The average Bonchev–Trinajstić information content (AvgIpc) is 2.51. The van der Waals surface area contributed by atoms with E-state index >= 15 is 0 Å². The molecule has 1 aliphatic rings. The highest BCUT2D eigenvalue weighted by molar-refractivity contribution is 5.69. The number of rotatable bonds is 7. The van der Waals surface area contributed by atoms with Crippen LogP contribution in [0.4, 0.5) is 0 Å². The molecule has 0 aliphatic heterocycles. The van der Waals surface area contributed by atoms with E-state index in [1.165, 1.54) is 0 Å². The van der Waals surface area contributed by atoms with E-state index in [2.05, 4.69) is 36.9 Å². The first-order valence-electron chi connectivity index (χ1n) is 8.88. The van der Waals surface area contributed by atoms with Crippen LogP contribution in [-0.2, 0) is 9.53 Å². The minimum atomic E-state index is -0.569. The van der Waals surface area contributed by atoms with Gasteiger partial charge in [-0.3, -0.25) is 4.79 Å². The molecule has 1 aliphatic carbocycles. The first-order valence-corrected chi connectivity index (χ1v) is 8.88. The molecule has 0 saturated heterocycles. The lowest BCUT2D eigenvalue weighted by atomic mass is 9.60. The number of esters is 1. The van der Waals surface area contributed by atoms with Gasteiger partial charge in [0.2, 0.25) is 0 Å². The van der Waals surface area contributed by atoms with Crippen molar-refractivity contribution in [2.24, 2.45) is 22.4 Å². The largest absolute Gasteiger partial charge is 0.466 e. The lowest BCUT2D eigenvalue weighted by Gasteiger charge is -2.47. The molecule has 6 nitrogen and oxygen atoms in total. The Morgan fingerprint density at radius 1 is 1.50 bits per heavy atom. The van der Waals surface area contributed by atoms with Gasteiger partial charge in [-0.05, 0) is 61.8 Å². The van der Waals surface area contributed by atoms with Crippen LogP contribution in [0.5, 0.6) is 0 Å². The molecule has 6 heteroatoms. The third-order valence-electron chi connectivity index (χ3n) is 5.40. The summed E-state index contributed by atoms with van der Waals surface area (Å²) >= 11 is 0. The van der Waals surface area contributed by atoms with Gasteiger partial charge in [0, 0.05) is 17.8 Å². The van der Waals surface area contributed by atoms with E-state index in [0.717, 1.165) is 19.3 Å². The van der Waals surface area contributed by atoms with Gasteiger partial charge < -0.3 is 4.74 Å². The monoisotopic (exact) mass is 334 g/mol. The minimum Gasteiger partial charge on any atom is -0.466 e. The molecule has 0 radical (unpaired) electrons. The smallest absolute Gasteiger partial charge is 0.305 e. The quantitative estimate of drug-likeness (QED) is 0.279. The van der Waals surface area contributed by atoms with Crippen LogP contribution < -0.4 is 0 Å². The van der Waals surface area contributed by atoms with Crippen molar-refractivity contribution in [1.82, 2.24) is 0 Å². The number of carbonyl (C=O) groups is 1. The van der Waals surface area contributed by atoms with Gasteiger partial charge in [0.1, 0.15) is 0 Å². The van der Waals surface area contributed by atoms with E-state index in [1.54, 1.807) is 6.92 Å². The molecule has 1 saturated carbocycles. The third-order valence-corrected chi connectivity index (χ3v) is 5.40. The predicted octanol–water partition coefficient (Wildman–Crippen LogP) is 5.14. The van der Waals surface area contributed by atoms with Crippen LogP contribution in [-0.4, -0.2) is 18.1 Å². The second kappa shape index (κ2) is 8.94. The topological polar surface area (TPSA) is 98.8 Å². The molecular formula is C18H30N4O2. The maximum absolute atomic E-state index is 11.8. The third kappa shape index (κ3) is 5.42. The molecule has 0 aromatic heterocycles. The first kappa shape index (κ1) is 20.3. The van der Waals surface area contributed by atoms with Crippen LogP contribution >= 0.6 is 0 Å². The van der Waals surface area contributed by atoms with Gasteiger partial charge in [0.25, 0.3) is 0 Å². The maximum atomic E-state index is 11.8. The molecule has 1 fully saturated rings. The van der Waals surface area contributed by atoms with Crippen molar-refractivity contribution < 1.29 is 9.53 Å². The van der Waals surface area contributed by atoms with Crippen molar-refractivity contribution in [3.8, 4) is 6.07 Å². The van der Waals surface area contributed by atoms with Crippen LogP contribution in [0.1, 0.15) is 72.6 Å². The van der Waals surface area contributed by atoms with E-state index in [0.29, 0.717) is 31.8 Å². The lowest BCUT2D eigenvalue weighted by molar-refractivity contribution is -0.143. The minimum absolute atomic E-state index is 0.139. The summed E-state index contributed by atoms with van der Waals surface area (Å²) in [5, 5.41) is 13.1. The van der Waals surface area contributed by atoms with E-state index in [9.17, 15) is 4.79 Å². The SMILES string of the molecule is CCOC(=O)CC[C@@]1(N=[N+]=[N-])CC[C@H](C(C)(C)C)C[C@H]1CCC#N. The van der Waals surface area contributed by atoms with Crippen LogP contribution in [0.2, 0.25) is 0 Å². The number of hydrogen-bond acceptors (Lipinski definition) is 4. The van der Waals surface area contributed by atoms with E-state index in [1.807, 2.05) is 0 Å². The van der Waals surface area contributed by atoms with Gasteiger partial charge in [-0.1, -0.05) is 25.9 Å². The fourth-order valence-electron chi connectivity index (χ4n) is 3.87. The molecule has 0 unspecified atom stereocenters. The molecular weight excluding hydrogens is 304 g/mol. The van der Waals surface area contributed by atoms with Gasteiger partial charge in [0.05, 0.1) is 18.2 Å². The van der Waals surface area contributed by atoms with Crippen molar-refractivity contribution in [2.75, 3.05) is 6.61 Å². The maximum Gasteiger partial charge on any atom is 0.305 e. The van der Waals surface area contributed by atoms with Crippen LogP contribution in [0.3, 0.4) is 0 Å². The second-order valence-electron chi connectivity index (χ2n) is 7.83. The fourth-order valence-corrected chi connectivity index (χ4v) is 3.87. The summed E-state index contributed by atoms with van der Waals surface area (Å²) in [7, 11) is 0. The van der Waals surface area contributed by atoms with Gasteiger partial charge in [-0.15, -0.1) is 0 Å². The molecule has 0 N–H and O–H groups in total. The van der Waals surface area contributed by atoms with Crippen molar-refractivity contribution in [3.05, 3.63) is 10.4 Å². The van der Waals surface area contributed by atoms with Gasteiger partial charge in [-0.25, -0.2) is 0 Å². The molecule has 3 atom stereocenters. The van der Waals surface area contributed by atoms with Crippen LogP contribution in [0.25, 0.3) is 10.4 Å². The van der Waals surface area contributed by atoms with Crippen molar-refractivity contribution in [3.63, 3.8) is 0 Å². The Bertz CT molecular complexity index is 514. The van der Waals surface area contributed by atoms with E-state index < -0.39 is 5.54 Å². The normalized spacial score (nSPS) is 27.0. The Kier molecular flexibility index (Phi) is 7.57. The van der Waals surface area contributed by atoms with Crippen LogP contribution in [0.15, 0.2) is 5.11 Å². The fraction of sp³-hybridized carbons (Fsp3) is 0.889. The molecule has 0 aromatic rings. The molecule has 134 valence electrons. The van der Waals surface area contributed by atoms with E-state index in [-0.39, 0.29) is 23.7 Å². The Balaban J connectivity index is 2.98. The summed E-state index contributed by atoms with van der Waals surface area (Å²) in [6.07, 6.45) is 4.61. The van der Waals surface area contributed by atoms with Gasteiger partial charge in [0.15, 0.2) is 0 Å². The number of carbonyl (C=O) groups excluding carboxylic acids is 1. The average molecular weight is 334 g/mol. The predicted molar refractivity (Wildman–Crippen MR) is 92.9 cm³/mol. The lowest BCUT2D eigenvalue weighted by Crippen LogP contribution is -2.44. The number of azide groups is 1. The Labute approximate surface area is 145 Å². The molecule has 1 rings (SSSR count). The number of hydrogen-bond donors (Lipinski definition) is 0. The summed E-state index contributed by atoms with van der Waals surface area (Å²) in [5.41, 5.74) is 8.72. The standard InChI is InChI=1S/C18H30N4O2/c1-5-24-16(23)9-11-18(21-22-20)10-8-14(17(2,3)4)13-15(18)7-6-12-19/h14-15H,5-11,13H2,1-4H3/t14-,15+,18-/m0/s1. The Hall–Kier alpha value is -1.73. The zero-order valence-electron chi connectivity index (χ0n) is 15.4. The number of nitriles is 1. The molecule has 0 bridgehead atoms. The van der Waals surface area contributed by atoms with Crippen molar-refractivity contribution >= 4 is 5.97 Å². The molecule has 0 amide bonds. The Morgan fingerprint density at radius 2 is 2.21 bits per heavy atom. The highest BCUT2D eigenvalue weighted by Gasteiger charge is 2.45. The molecule has 0 aromatic carbocycles. The highest BCUT2D eigenvalue weighted by Crippen LogP contribution is 2.49. The zero-order valence-corrected chi connectivity index (χ0v) is 15.4. The first-order chi connectivity index (χ1) is 11.3. The molecule has 0 spiro atoms. The molecule has 0 heterocycles. The van der Waals surface area contributed by atoms with Gasteiger partial charge in [-0.2, -0.15) is 5.26 Å². The molecule has 24 heavy (non-hydrogen) atoms. The summed E-state index contributed by atoms with van der Waals surface area (Å²) < 4.78 is 5.02. The van der Waals surface area contributed by atoms with E-state index in [4.69, 9.17) is 15.5 Å². The van der Waals surface area contributed by atoms with Gasteiger partial charge >= 0.3 is 5.97 Å². The highest BCUT2D eigenvalue weighted by atomic mass is 16.5. The summed E-state index contributed by atoms with van der Waals surface area (Å²) in [4.78, 5) is 14.9. The number of nitrogens with zero attached hydrogens (tertiary/aromatic N) is 4. The van der Waals surface area contributed by atoms with Crippen LogP contribution in [0, 0.1) is 28.6 Å². The summed E-state index contributed by atoms with van der Waals surface area (Å²) in [6, 6.07) is 2.21. The Morgan fingerprint density at radius 3 is 2.75 bits per heavy atom. The zero-order chi connectivity index (χ0) is 18.2. The number of ether oxygens (including phenoxy) is 1. The van der Waals surface area contributed by atoms with Crippen molar-refractivity contribution in [1.29, 1.82) is 5.26 Å².